The summed E-state index contributed by atoms with van der Waals surface area (Å²) >= 11 is 0. The molecule has 1 heterocycles. The van der Waals surface area contributed by atoms with E-state index in [9.17, 15) is 15.3 Å². The number of hydrogen-bond acceptors (Lipinski definition) is 5. The van der Waals surface area contributed by atoms with Crippen LogP contribution in [0.15, 0.2) is 12.2 Å². The third kappa shape index (κ3) is 13.1. The second-order valence-corrected chi connectivity index (χ2v) is 8.74. The first-order valence-corrected chi connectivity index (χ1v) is 12.6. The van der Waals surface area contributed by atoms with Gasteiger partial charge in [0.25, 0.3) is 0 Å². The van der Waals surface area contributed by atoms with Gasteiger partial charge in [-0.3, -0.25) is 0 Å². The molecule has 1 saturated heterocycles. The molecule has 0 saturated carbocycles. The van der Waals surface area contributed by atoms with Crippen molar-refractivity contribution in [2.75, 3.05) is 19.8 Å². The van der Waals surface area contributed by atoms with Crippen molar-refractivity contribution in [2.24, 2.45) is 0 Å². The molecule has 0 aromatic carbocycles. The molecule has 0 amide bonds. The third-order valence-electron chi connectivity index (χ3n) is 5.96. The van der Waals surface area contributed by atoms with Gasteiger partial charge in [0.15, 0.2) is 0 Å². The predicted octanol–water partition coefficient (Wildman–Crippen LogP) is 4.91. The van der Waals surface area contributed by atoms with E-state index in [4.69, 9.17) is 9.47 Å². The van der Waals surface area contributed by atoms with Gasteiger partial charge in [0.1, 0.15) is 24.4 Å². The molecule has 178 valence electrons. The lowest BCUT2D eigenvalue weighted by Gasteiger charge is -2.24. The first kappa shape index (κ1) is 27.6. The monoisotopic (exact) mass is 428 g/mol. The van der Waals surface area contributed by atoms with E-state index in [1.54, 1.807) is 0 Å². The van der Waals surface area contributed by atoms with E-state index in [1.807, 2.05) is 0 Å². The van der Waals surface area contributed by atoms with Gasteiger partial charge in [-0.2, -0.15) is 0 Å². The Hall–Kier alpha value is -0.460. The van der Waals surface area contributed by atoms with Gasteiger partial charge in [0.05, 0.1) is 13.2 Å². The molecule has 1 aliphatic rings. The van der Waals surface area contributed by atoms with E-state index in [-0.39, 0.29) is 13.2 Å². The van der Waals surface area contributed by atoms with E-state index in [2.05, 4.69) is 19.1 Å². The largest absolute Gasteiger partial charge is 0.394 e. The number of rotatable bonds is 20. The maximum Gasteiger partial charge on any atom is 0.114 e. The zero-order chi connectivity index (χ0) is 21.9. The summed E-state index contributed by atoms with van der Waals surface area (Å²) < 4.78 is 11.0. The summed E-state index contributed by atoms with van der Waals surface area (Å²) in [6.07, 6.45) is 20.9. The number of unbranched alkanes of at least 4 members (excludes halogenated alkanes) is 13. The molecule has 0 aromatic rings. The molecular formula is C25H48O5. The van der Waals surface area contributed by atoms with Crippen LogP contribution in [-0.2, 0) is 9.47 Å². The lowest BCUT2D eigenvalue weighted by Crippen LogP contribution is -2.42. The lowest BCUT2D eigenvalue weighted by molar-refractivity contribution is -0.101. The second kappa shape index (κ2) is 19.2. The first-order valence-electron chi connectivity index (χ1n) is 12.6. The molecule has 0 radical (unpaired) electrons. The van der Waals surface area contributed by atoms with Gasteiger partial charge in [0, 0.05) is 6.61 Å². The van der Waals surface area contributed by atoms with Crippen molar-refractivity contribution in [2.45, 2.75) is 128 Å². The van der Waals surface area contributed by atoms with Crippen LogP contribution in [-0.4, -0.2) is 59.6 Å². The zero-order valence-electron chi connectivity index (χ0n) is 19.4. The van der Waals surface area contributed by atoms with Crippen LogP contribution in [0.25, 0.3) is 0 Å². The number of hydrogen-bond donors (Lipinski definition) is 3. The van der Waals surface area contributed by atoms with Crippen molar-refractivity contribution >= 4 is 0 Å². The molecule has 0 bridgehead atoms. The second-order valence-electron chi connectivity index (χ2n) is 8.74. The van der Waals surface area contributed by atoms with Crippen LogP contribution in [0.2, 0.25) is 0 Å². The smallest absolute Gasteiger partial charge is 0.114 e. The van der Waals surface area contributed by atoms with Crippen LogP contribution < -0.4 is 0 Å². The van der Waals surface area contributed by atoms with Gasteiger partial charge in [-0.15, -0.1) is 0 Å². The van der Waals surface area contributed by atoms with Crippen LogP contribution in [0.5, 0.6) is 0 Å². The fourth-order valence-electron chi connectivity index (χ4n) is 3.97. The summed E-state index contributed by atoms with van der Waals surface area (Å²) in [4.78, 5) is 0. The Labute approximate surface area is 184 Å². The molecule has 5 heteroatoms. The molecule has 3 N–H and O–H groups in total. The van der Waals surface area contributed by atoms with Crippen LogP contribution in [0.4, 0.5) is 0 Å². The van der Waals surface area contributed by atoms with E-state index >= 15 is 0 Å². The van der Waals surface area contributed by atoms with Gasteiger partial charge in [-0.25, -0.2) is 0 Å². The van der Waals surface area contributed by atoms with Crippen molar-refractivity contribution in [1.29, 1.82) is 0 Å². The highest BCUT2D eigenvalue weighted by molar-refractivity contribution is 4.88. The average Bonchev–Trinajstić information content (AvgIpc) is 3.08. The molecule has 1 rings (SSSR count). The maximum atomic E-state index is 9.84. The Kier molecular flexibility index (Phi) is 17.7. The molecule has 5 nitrogen and oxygen atoms in total. The normalized spacial score (nSPS) is 22.9. The topological polar surface area (TPSA) is 79.2 Å². The highest BCUT2D eigenvalue weighted by Crippen LogP contribution is 2.20. The Bertz CT molecular complexity index is 401. The van der Waals surface area contributed by atoms with Crippen molar-refractivity contribution < 1.29 is 24.8 Å². The molecule has 1 fully saturated rings. The molecule has 0 unspecified atom stereocenters. The van der Waals surface area contributed by atoms with Gasteiger partial charge >= 0.3 is 0 Å². The number of aliphatic hydroxyl groups excluding tert-OH is 3. The van der Waals surface area contributed by atoms with E-state index < -0.39 is 24.4 Å². The molecule has 0 aromatic heterocycles. The minimum atomic E-state index is -0.977. The van der Waals surface area contributed by atoms with Crippen LogP contribution >= 0.6 is 0 Å². The van der Waals surface area contributed by atoms with Crippen LogP contribution in [0.3, 0.4) is 0 Å². The summed E-state index contributed by atoms with van der Waals surface area (Å²) in [5.41, 5.74) is 0. The van der Waals surface area contributed by atoms with Crippen LogP contribution in [0.1, 0.15) is 103 Å². The highest BCUT2D eigenvalue weighted by atomic mass is 16.6. The number of ether oxygens (including phenoxy) is 2. The minimum absolute atomic E-state index is 0.0996. The SMILES string of the molecule is CCC/C=C/CCCCCCCCCCCCCCO[C@H](CO)[C@@H]1OC[C@H](O)[C@@H]1O. The highest BCUT2D eigenvalue weighted by Gasteiger charge is 2.40. The van der Waals surface area contributed by atoms with Gasteiger partial charge < -0.3 is 24.8 Å². The van der Waals surface area contributed by atoms with E-state index in [0.29, 0.717) is 6.61 Å². The number of allylic oxidation sites excluding steroid dienone is 2. The Morgan fingerprint density at radius 3 is 1.87 bits per heavy atom. The summed E-state index contributed by atoms with van der Waals surface area (Å²) in [7, 11) is 0. The zero-order valence-corrected chi connectivity index (χ0v) is 19.4. The van der Waals surface area contributed by atoms with Crippen LogP contribution in [0, 0.1) is 0 Å². The quantitative estimate of drug-likeness (QED) is 0.190. The third-order valence-corrected chi connectivity index (χ3v) is 5.96. The lowest BCUT2D eigenvalue weighted by atomic mass is 10.0. The van der Waals surface area contributed by atoms with Crippen molar-refractivity contribution in [1.82, 2.24) is 0 Å². The predicted molar refractivity (Wildman–Crippen MR) is 123 cm³/mol. The Morgan fingerprint density at radius 2 is 1.37 bits per heavy atom. The van der Waals surface area contributed by atoms with E-state index in [0.717, 1.165) is 12.8 Å². The molecule has 0 aliphatic carbocycles. The molecule has 30 heavy (non-hydrogen) atoms. The summed E-state index contributed by atoms with van der Waals surface area (Å²) in [6.45, 7) is 2.68. The first-order chi connectivity index (χ1) is 14.7. The number of aliphatic hydroxyl groups is 3. The maximum absolute atomic E-state index is 9.84. The Morgan fingerprint density at radius 1 is 0.833 bits per heavy atom. The summed E-state index contributed by atoms with van der Waals surface area (Å²) in [5, 5.41) is 28.8. The summed E-state index contributed by atoms with van der Waals surface area (Å²) in [5.74, 6) is 0. The van der Waals surface area contributed by atoms with Gasteiger partial charge in [-0.05, 0) is 25.7 Å². The van der Waals surface area contributed by atoms with Gasteiger partial charge in [-0.1, -0.05) is 89.7 Å². The Balaban J connectivity index is 1.81. The van der Waals surface area contributed by atoms with E-state index in [1.165, 1.54) is 83.5 Å². The molecule has 4 atom stereocenters. The summed E-state index contributed by atoms with van der Waals surface area (Å²) in [6, 6.07) is 0. The van der Waals surface area contributed by atoms with Gasteiger partial charge in [0.2, 0.25) is 0 Å². The fourth-order valence-corrected chi connectivity index (χ4v) is 3.97. The average molecular weight is 429 g/mol. The standard InChI is InChI=1S/C25H48O5/c1-2-3-4-5-6-7-8-9-10-11-12-13-14-15-16-17-18-19-29-23(20-26)25-24(28)22(27)21-30-25/h4-5,22-28H,2-3,6-21H2,1H3/b5-4+/t22-,23+,24-,25-/m0/s1. The van der Waals surface area contributed by atoms with Crippen molar-refractivity contribution in [3.8, 4) is 0 Å². The minimum Gasteiger partial charge on any atom is -0.394 e. The molecule has 1 aliphatic heterocycles. The van der Waals surface area contributed by atoms with Crippen molar-refractivity contribution in [3.63, 3.8) is 0 Å². The molecule has 0 spiro atoms. The van der Waals surface area contributed by atoms with Crippen molar-refractivity contribution in [3.05, 3.63) is 12.2 Å². The fraction of sp³-hybridized carbons (Fsp3) is 0.920. The molecular weight excluding hydrogens is 380 g/mol.